The quantitative estimate of drug-likeness (QED) is 0.599. The number of anilines is 2. The topological polar surface area (TPSA) is 77.1 Å². The number of rotatable bonds is 7. The fourth-order valence-electron chi connectivity index (χ4n) is 5.77. The molecule has 2 saturated heterocycles. The van der Waals surface area contributed by atoms with Crippen molar-refractivity contribution in [2.75, 3.05) is 82.9 Å². The van der Waals surface area contributed by atoms with E-state index < -0.39 is 0 Å². The average molecular weight is 522 g/mol. The molecule has 1 aliphatic carbocycles. The van der Waals surface area contributed by atoms with Gasteiger partial charge in [0.1, 0.15) is 11.6 Å². The number of hydrogen-bond donors (Lipinski definition) is 1. The molecular formula is C29H43N7O2. The van der Waals surface area contributed by atoms with Crippen molar-refractivity contribution in [2.24, 2.45) is 5.92 Å². The monoisotopic (exact) mass is 521 g/mol. The highest BCUT2D eigenvalue weighted by Gasteiger charge is 2.24. The van der Waals surface area contributed by atoms with Crippen molar-refractivity contribution in [3.05, 3.63) is 36.5 Å². The Kier molecular flexibility index (Phi) is 8.96. The second kappa shape index (κ2) is 12.8. The molecule has 1 N–H and O–H groups in total. The smallest absolute Gasteiger partial charge is 0.317 e. The van der Waals surface area contributed by atoms with Crippen LogP contribution >= 0.6 is 0 Å². The highest BCUT2D eigenvalue weighted by Crippen LogP contribution is 2.28. The van der Waals surface area contributed by atoms with Gasteiger partial charge in [0.05, 0.1) is 18.9 Å². The molecule has 0 aromatic carbocycles. The number of pyridine rings is 2. The number of carbonyl (C=O) groups is 1. The zero-order valence-electron chi connectivity index (χ0n) is 23.0. The van der Waals surface area contributed by atoms with E-state index in [1.54, 1.807) is 19.0 Å². The molecule has 9 heteroatoms. The third kappa shape index (κ3) is 6.94. The van der Waals surface area contributed by atoms with E-state index in [2.05, 4.69) is 50.3 Å². The molecule has 0 spiro atoms. The lowest BCUT2D eigenvalue weighted by molar-refractivity contribution is 0.122. The Morgan fingerprint density at radius 3 is 2.45 bits per heavy atom. The summed E-state index contributed by atoms with van der Waals surface area (Å²) in [6, 6.07) is 10.9. The van der Waals surface area contributed by atoms with Gasteiger partial charge >= 0.3 is 6.03 Å². The molecule has 1 saturated carbocycles. The molecule has 206 valence electrons. The van der Waals surface area contributed by atoms with Gasteiger partial charge in [0, 0.05) is 71.2 Å². The van der Waals surface area contributed by atoms with Crippen molar-refractivity contribution in [3.63, 3.8) is 0 Å². The maximum absolute atomic E-state index is 11.9. The first-order chi connectivity index (χ1) is 18.5. The van der Waals surface area contributed by atoms with E-state index in [0.717, 1.165) is 94.1 Å². The van der Waals surface area contributed by atoms with E-state index >= 15 is 0 Å². The molecule has 9 nitrogen and oxygen atoms in total. The minimum absolute atomic E-state index is 0.0316. The van der Waals surface area contributed by atoms with Gasteiger partial charge in [-0.25, -0.2) is 14.8 Å². The molecule has 2 aliphatic heterocycles. The molecule has 3 aliphatic rings. The van der Waals surface area contributed by atoms with E-state index in [1.165, 1.54) is 25.8 Å². The minimum Gasteiger partial charge on any atom is -0.378 e. The summed E-state index contributed by atoms with van der Waals surface area (Å²) in [5.74, 6) is 2.84. The van der Waals surface area contributed by atoms with E-state index in [-0.39, 0.29) is 6.03 Å². The maximum atomic E-state index is 11.9. The summed E-state index contributed by atoms with van der Waals surface area (Å²) >= 11 is 0. The van der Waals surface area contributed by atoms with Crippen LogP contribution in [0.15, 0.2) is 36.5 Å². The van der Waals surface area contributed by atoms with Crippen molar-refractivity contribution in [1.82, 2.24) is 25.1 Å². The number of urea groups is 1. The lowest BCUT2D eigenvalue weighted by Gasteiger charge is -2.37. The standard InChI is InChI=1S/C29H43N7O2/c1-33(2)29(37)31-25-8-6-23(7-9-25)11-13-34-14-16-35(17-15-34)28-22-24(10-12-30-28)26-4-3-5-27(32-26)36-18-20-38-21-19-36/h3-5,10,12,22-23,25H,6-9,11,13-21H2,1-2H3,(H,31,37)/t23-,25-. The fourth-order valence-corrected chi connectivity index (χ4v) is 5.77. The van der Waals surface area contributed by atoms with Crippen LogP contribution < -0.4 is 15.1 Å². The van der Waals surface area contributed by atoms with Crippen LogP contribution in [0.2, 0.25) is 0 Å². The first-order valence-corrected chi connectivity index (χ1v) is 14.3. The minimum atomic E-state index is 0.0316. The van der Waals surface area contributed by atoms with Crippen LogP contribution in [-0.4, -0.2) is 105 Å². The Morgan fingerprint density at radius 2 is 1.71 bits per heavy atom. The Hall–Kier alpha value is -2.91. The summed E-state index contributed by atoms with van der Waals surface area (Å²) in [6.07, 6.45) is 7.81. The van der Waals surface area contributed by atoms with Crippen molar-refractivity contribution in [2.45, 2.75) is 38.1 Å². The SMILES string of the molecule is CN(C)C(=O)N[C@H]1CC[C@H](CCN2CCN(c3cc(-c4cccc(N5CCOCC5)n4)ccn3)CC2)CC1. The van der Waals surface area contributed by atoms with Crippen LogP contribution in [-0.2, 0) is 4.74 Å². The zero-order valence-corrected chi connectivity index (χ0v) is 23.0. The highest BCUT2D eigenvalue weighted by atomic mass is 16.5. The predicted octanol–water partition coefficient (Wildman–Crippen LogP) is 3.32. The summed E-state index contributed by atoms with van der Waals surface area (Å²) < 4.78 is 5.49. The Balaban J connectivity index is 1.08. The summed E-state index contributed by atoms with van der Waals surface area (Å²) in [7, 11) is 3.60. The summed E-state index contributed by atoms with van der Waals surface area (Å²) in [6.45, 7) is 8.61. The number of amides is 2. The van der Waals surface area contributed by atoms with Crippen molar-refractivity contribution in [3.8, 4) is 11.3 Å². The number of hydrogen-bond acceptors (Lipinski definition) is 7. The Labute approximate surface area is 227 Å². The van der Waals surface area contributed by atoms with Crippen molar-refractivity contribution in [1.29, 1.82) is 0 Å². The van der Waals surface area contributed by atoms with E-state index in [1.807, 2.05) is 6.20 Å². The van der Waals surface area contributed by atoms with Gasteiger partial charge in [0.2, 0.25) is 0 Å². The van der Waals surface area contributed by atoms with E-state index in [9.17, 15) is 4.79 Å². The third-order valence-corrected chi connectivity index (χ3v) is 8.24. The molecule has 0 unspecified atom stereocenters. The Morgan fingerprint density at radius 1 is 0.974 bits per heavy atom. The van der Waals surface area contributed by atoms with Gasteiger partial charge in [0.25, 0.3) is 0 Å². The number of aromatic nitrogens is 2. The van der Waals surface area contributed by atoms with Crippen molar-refractivity contribution < 1.29 is 9.53 Å². The Bertz CT molecular complexity index is 1040. The second-order valence-corrected chi connectivity index (χ2v) is 11.1. The summed E-state index contributed by atoms with van der Waals surface area (Å²) in [5.41, 5.74) is 2.11. The van der Waals surface area contributed by atoms with E-state index in [4.69, 9.17) is 14.7 Å². The number of piperazine rings is 1. The molecular weight excluding hydrogens is 478 g/mol. The number of carbonyl (C=O) groups excluding carboxylic acids is 1. The molecule has 4 heterocycles. The van der Waals surface area contributed by atoms with Crippen LogP contribution in [0.3, 0.4) is 0 Å². The molecule has 5 rings (SSSR count). The third-order valence-electron chi connectivity index (χ3n) is 8.24. The summed E-state index contributed by atoms with van der Waals surface area (Å²) in [5, 5.41) is 3.15. The number of nitrogens with zero attached hydrogens (tertiary/aromatic N) is 6. The molecule has 2 aromatic heterocycles. The number of ether oxygens (including phenoxy) is 1. The second-order valence-electron chi connectivity index (χ2n) is 11.1. The van der Waals surface area contributed by atoms with Gasteiger partial charge in [-0.2, -0.15) is 0 Å². The van der Waals surface area contributed by atoms with Crippen LogP contribution in [0.5, 0.6) is 0 Å². The van der Waals surface area contributed by atoms with Crippen LogP contribution in [0.1, 0.15) is 32.1 Å². The zero-order chi connectivity index (χ0) is 26.3. The molecule has 0 bridgehead atoms. The van der Waals surface area contributed by atoms with Crippen molar-refractivity contribution >= 4 is 17.7 Å². The lowest BCUT2D eigenvalue weighted by Crippen LogP contribution is -2.47. The lowest BCUT2D eigenvalue weighted by atomic mass is 9.84. The number of nitrogens with one attached hydrogen (secondary N) is 1. The highest BCUT2D eigenvalue weighted by molar-refractivity contribution is 5.73. The van der Waals surface area contributed by atoms with Gasteiger partial charge < -0.3 is 24.8 Å². The van der Waals surface area contributed by atoms with Gasteiger partial charge in [-0.1, -0.05) is 6.07 Å². The van der Waals surface area contributed by atoms with Crippen LogP contribution in [0, 0.1) is 5.92 Å². The van der Waals surface area contributed by atoms with Gasteiger partial charge in [-0.3, -0.25) is 4.90 Å². The van der Waals surface area contributed by atoms with Gasteiger partial charge in [-0.15, -0.1) is 0 Å². The van der Waals surface area contributed by atoms with Gasteiger partial charge in [-0.05, 0) is 68.8 Å². The molecule has 38 heavy (non-hydrogen) atoms. The first kappa shape index (κ1) is 26.7. The number of morpholine rings is 1. The maximum Gasteiger partial charge on any atom is 0.317 e. The first-order valence-electron chi connectivity index (χ1n) is 14.3. The molecule has 0 atom stereocenters. The predicted molar refractivity (Wildman–Crippen MR) is 152 cm³/mol. The fraction of sp³-hybridized carbons (Fsp3) is 0.621. The molecule has 3 fully saturated rings. The van der Waals surface area contributed by atoms with E-state index in [0.29, 0.717) is 6.04 Å². The van der Waals surface area contributed by atoms with Crippen LogP contribution in [0.25, 0.3) is 11.3 Å². The normalized spacial score (nSPS) is 22.8. The summed E-state index contributed by atoms with van der Waals surface area (Å²) in [4.78, 5) is 30.5. The average Bonchev–Trinajstić information content (AvgIpc) is 2.97. The molecule has 2 amide bonds. The van der Waals surface area contributed by atoms with Gasteiger partial charge in [0.15, 0.2) is 0 Å². The van der Waals surface area contributed by atoms with Crippen LogP contribution in [0.4, 0.5) is 16.4 Å². The molecule has 0 radical (unpaired) electrons. The molecule has 2 aromatic rings. The largest absolute Gasteiger partial charge is 0.378 e.